The van der Waals surface area contributed by atoms with Crippen LogP contribution >= 0.6 is 11.6 Å². The van der Waals surface area contributed by atoms with Crippen molar-refractivity contribution in [1.29, 1.82) is 0 Å². The first-order chi connectivity index (χ1) is 16.2. The van der Waals surface area contributed by atoms with E-state index < -0.39 is 15.9 Å². The first-order valence-electron chi connectivity index (χ1n) is 10.9. The second-order valence-electron chi connectivity index (χ2n) is 8.17. The van der Waals surface area contributed by atoms with Crippen molar-refractivity contribution in [1.82, 2.24) is 0 Å². The molecule has 0 saturated carbocycles. The Labute approximate surface area is 204 Å². The summed E-state index contributed by atoms with van der Waals surface area (Å²) in [5, 5.41) is 2.84. The number of nitrogens with one attached hydrogen (secondary N) is 2. The maximum Gasteiger partial charge on any atom is 0.263 e. The van der Waals surface area contributed by atoms with Crippen LogP contribution in [0.3, 0.4) is 0 Å². The third kappa shape index (κ3) is 5.52. The number of carbonyl (C=O) groups is 1. The van der Waals surface area contributed by atoms with Gasteiger partial charge in [0.15, 0.2) is 0 Å². The highest BCUT2D eigenvalue weighted by molar-refractivity contribution is 7.92. The van der Waals surface area contributed by atoms with Crippen LogP contribution in [0, 0.1) is 13.8 Å². The molecule has 0 unspecified atom stereocenters. The van der Waals surface area contributed by atoms with Gasteiger partial charge in [0.25, 0.3) is 15.9 Å². The number of halogens is 1. The first-order valence-corrected chi connectivity index (χ1v) is 12.7. The maximum atomic E-state index is 13.1. The lowest BCUT2D eigenvalue weighted by atomic mass is 10.1. The van der Waals surface area contributed by atoms with E-state index in [0.717, 1.165) is 29.9 Å². The van der Waals surface area contributed by atoms with Crippen LogP contribution in [0.25, 0.3) is 0 Å². The highest BCUT2D eigenvalue weighted by Crippen LogP contribution is 2.27. The number of amides is 1. The van der Waals surface area contributed by atoms with Gasteiger partial charge >= 0.3 is 0 Å². The summed E-state index contributed by atoms with van der Waals surface area (Å²) in [6.07, 6.45) is 0. The quantitative estimate of drug-likeness (QED) is 0.506. The number of hydrogen-bond acceptors (Lipinski definition) is 5. The Morgan fingerprint density at radius 3 is 2.38 bits per heavy atom. The lowest BCUT2D eigenvalue weighted by Crippen LogP contribution is -2.36. The summed E-state index contributed by atoms with van der Waals surface area (Å²) in [4.78, 5) is 14.9. The minimum Gasteiger partial charge on any atom is -0.378 e. The van der Waals surface area contributed by atoms with Crippen molar-refractivity contribution in [3.05, 3.63) is 82.4 Å². The summed E-state index contributed by atoms with van der Waals surface area (Å²) in [6.45, 7) is 6.72. The number of sulfonamides is 1. The molecule has 9 heteroatoms. The maximum absolute atomic E-state index is 13.1. The average molecular weight is 500 g/mol. The van der Waals surface area contributed by atoms with E-state index in [1.54, 1.807) is 6.07 Å². The van der Waals surface area contributed by atoms with Gasteiger partial charge in [-0.2, -0.15) is 0 Å². The molecule has 34 heavy (non-hydrogen) atoms. The number of nitrogens with zero attached hydrogens (tertiary/aromatic N) is 1. The van der Waals surface area contributed by atoms with E-state index in [0.29, 0.717) is 24.6 Å². The second kappa shape index (κ2) is 10.0. The standard InChI is InChI=1S/C25H26ClN3O4S/c1-17-3-4-18(2)23(15-17)28-34(31,32)24-16-19(5-10-22(24)26)25(30)27-20-6-8-21(9-7-20)29-11-13-33-14-12-29/h3-10,15-16,28H,11-14H2,1-2H3,(H,27,30). The number of hydrogen-bond donors (Lipinski definition) is 2. The summed E-state index contributed by atoms with van der Waals surface area (Å²) >= 11 is 6.21. The Morgan fingerprint density at radius 1 is 0.971 bits per heavy atom. The lowest BCUT2D eigenvalue weighted by Gasteiger charge is -2.28. The summed E-state index contributed by atoms with van der Waals surface area (Å²) in [5.74, 6) is -0.432. The number of aryl methyl sites for hydroxylation is 2. The molecule has 0 bridgehead atoms. The van der Waals surface area contributed by atoms with Gasteiger partial charge in [0, 0.05) is 30.0 Å². The summed E-state index contributed by atoms with van der Waals surface area (Å²) < 4.78 is 34.1. The van der Waals surface area contributed by atoms with Crippen molar-refractivity contribution in [2.24, 2.45) is 0 Å². The molecule has 1 saturated heterocycles. The Balaban J connectivity index is 1.52. The summed E-state index contributed by atoms with van der Waals surface area (Å²) in [5.41, 5.74) is 4.00. The number of benzene rings is 3. The molecule has 1 heterocycles. The molecule has 0 radical (unpaired) electrons. The monoisotopic (exact) mass is 499 g/mol. The van der Waals surface area contributed by atoms with Gasteiger partial charge < -0.3 is 15.0 Å². The van der Waals surface area contributed by atoms with Crippen molar-refractivity contribution < 1.29 is 17.9 Å². The smallest absolute Gasteiger partial charge is 0.263 e. The molecule has 1 aliphatic heterocycles. The largest absolute Gasteiger partial charge is 0.378 e. The van der Waals surface area contributed by atoms with Crippen molar-refractivity contribution in [2.45, 2.75) is 18.7 Å². The molecule has 178 valence electrons. The van der Waals surface area contributed by atoms with Crippen molar-refractivity contribution in [3.8, 4) is 0 Å². The zero-order chi connectivity index (χ0) is 24.3. The summed E-state index contributed by atoms with van der Waals surface area (Å²) in [6, 6.07) is 17.2. The first kappa shape index (κ1) is 24.1. The van der Waals surface area contributed by atoms with E-state index in [4.69, 9.17) is 16.3 Å². The number of carbonyl (C=O) groups excluding carboxylic acids is 1. The van der Waals surface area contributed by atoms with Gasteiger partial charge in [0.2, 0.25) is 0 Å². The molecule has 7 nitrogen and oxygen atoms in total. The number of rotatable bonds is 6. The fourth-order valence-corrected chi connectivity index (χ4v) is 5.32. The van der Waals surface area contributed by atoms with Crippen LogP contribution in [-0.4, -0.2) is 40.6 Å². The van der Waals surface area contributed by atoms with Gasteiger partial charge in [-0.1, -0.05) is 23.7 Å². The fourth-order valence-electron chi connectivity index (χ4n) is 3.68. The van der Waals surface area contributed by atoms with E-state index in [1.165, 1.54) is 18.2 Å². The Bertz CT molecular complexity index is 1300. The molecule has 1 amide bonds. The Morgan fingerprint density at radius 2 is 1.68 bits per heavy atom. The van der Waals surface area contributed by atoms with Gasteiger partial charge in [-0.25, -0.2) is 8.42 Å². The van der Waals surface area contributed by atoms with Gasteiger partial charge in [0.1, 0.15) is 4.90 Å². The van der Waals surface area contributed by atoms with E-state index in [1.807, 2.05) is 50.2 Å². The molecule has 3 aromatic carbocycles. The van der Waals surface area contributed by atoms with Crippen LogP contribution in [0.15, 0.2) is 65.6 Å². The molecule has 3 aromatic rings. The van der Waals surface area contributed by atoms with Crippen molar-refractivity contribution in [2.75, 3.05) is 41.2 Å². The Hall–Kier alpha value is -3.07. The molecule has 0 aromatic heterocycles. The molecule has 1 fully saturated rings. The highest BCUT2D eigenvalue weighted by atomic mass is 35.5. The molecule has 0 spiro atoms. The third-order valence-corrected chi connectivity index (χ3v) is 7.47. The van der Waals surface area contributed by atoms with Gasteiger partial charge in [-0.3, -0.25) is 9.52 Å². The highest BCUT2D eigenvalue weighted by Gasteiger charge is 2.21. The van der Waals surface area contributed by atoms with Gasteiger partial charge in [0.05, 0.1) is 23.9 Å². The fraction of sp³-hybridized carbons (Fsp3) is 0.240. The molecule has 1 aliphatic rings. The van der Waals surface area contributed by atoms with E-state index in [-0.39, 0.29) is 15.5 Å². The third-order valence-electron chi connectivity index (χ3n) is 5.62. The number of ether oxygens (including phenoxy) is 1. The van der Waals surface area contributed by atoms with Crippen LogP contribution in [-0.2, 0) is 14.8 Å². The van der Waals surface area contributed by atoms with Crippen molar-refractivity contribution >= 4 is 44.6 Å². The molecular formula is C25H26ClN3O4S. The van der Waals surface area contributed by atoms with Crippen LogP contribution < -0.4 is 14.9 Å². The van der Waals surface area contributed by atoms with Crippen LogP contribution in [0.2, 0.25) is 5.02 Å². The van der Waals surface area contributed by atoms with Crippen LogP contribution in [0.5, 0.6) is 0 Å². The minimum absolute atomic E-state index is 0.0317. The van der Waals surface area contributed by atoms with E-state index >= 15 is 0 Å². The molecule has 4 rings (SSSR count). The molecule has 2 N–H and O–H groups in total. The molecule has 0 aliphatic carbocycles. The zero-order valence-electron chi connectivity index (χ0n) is 19.0. The second-order valence-corrected chi connectivity index (χ2v) is 10.2. The van der Waals surface area contributed by atoms with E-state index in [9.17, 15) is 13.2 Å². The number of morpholine rings is 1. The van der Waals surface area contributed by atoms with Crippen LogP contribution in [0.4, 0.5) is 17.1 Å². The van der Waals surface area contributed by atoms with Gasteiger partial charge in [-0.15, -0.1) is 0 Å². The summed E-state index contributed by atoms with van der Waals surface area (Å²) in [7, 11) is -4.01. The lowest BCUT2D eigenvalue weighted by molar-refractivity contribution is 0.102. The molecule has 0 atom stereocenters. The normalized spacial score (nSPS) is 14.0. The number of anilines is 3. The Kier molecular flexibility index (Phi) is 7.11. The predicted molar refractivity (Wildman–Crippen MR) is 136 cm³/mol. The van der Waals surface area contributed by atoms with Gasteiger partial charge in [-0.05, 0) is 73.5 Å². The minimum atomic E-state index is -4.01. The molecular weight excluding hydrogens is 474 g/mol. The van der Waals surface area contributed by atoms with Crippen molar-refractivity contribution in [3.63, 3.8) is 0 Å². The average Bonchev–Trinajstić information content (AvgIpc) is 2.82. The van der Waals surface area contributed by atoms with Crippen LogP contribution in [0.1, 0.15) is 21.5 Å². The SMILES string of the molecule is Cc1ccc(C)c(NS(=O)(=O)c2cc(C(=O)Nc3ccc(N4CCOCC4)cc3)ccc2Cl)c1. The topological polar surface area (TPSA) is 87.7 Å². The zero-order valence-corrected chi connectivity index (χ0v) is 20.5. The van der Waals surface area contributed by atoms with E-state index in [2.05, 4.69) is 14.9 Å². The predicted octanol–water partition coefficient (Wildman–Crippen LogP) is 4.85.